The largest absolute Gasteiger partial charge is 0.487 e. The molecule has 0 saturated carbocycles. The summed E-state index contributed by atoms with van der Waals surface area (Å²) in [5.74, 6) is 0.877. The van der Waals surface area contributed by atoms with Gasteiger partial charge in [-0.3, -0.25) is 4.98 Å². The quantitative estimate of drug-likeness (QED) is 0.771. The molecule has 0 atom stereocenters. The van der Waals surface area contributed by atoms with Crippen molar-refractivity contribution in [3.8, 4) is 5.75 Å². The molecule has 1 aromatic heterocycles. The van der Waals surface area contributed by atoms with E-state index in [1.165, 1.54) is 9.13 Å². The summed E-state index contributed by atoms with van der Waals surface area (Å²) in [6.07, 6.45) is 1.91. The van der Waals surface area contributed by atoms with Gasteiger partial charge in [-0.1, -0.05) is 12.1 Å². The molecule has 3 nitrogen and oxygen atoms in total. The first kappa shape index (κ1) is 16.2. The van der Waals surface area contributed by atoms with Crippen LogP contribution in [0.5, 0.6) is 5.75 Å². The number of aromatic nitrogens is 1. The van der Waals surface area contributed by atoms with Crippen molar-refractivity contribution in [1.82, 2.24) is 10.3 Å². The van der Waals surface area contributed by atoms with E-state index in [0.717, 1.165) is 18.0 Å². The molecule has 0 aliphatic carbocycles. The van der Waals surface area contributed by atoms with Crippen molar-refractivity contribution in [2.45, 2.75) is 39.5 Å². The molecule has 0 aliphatic rings. The molecule has 21 heavy (non-hydrogen) atoms. The van der Waals surface area contributed by atoms with E-state index >= 15 is 0 Å². The van der Waals surface area contributed by atoms with E-state index in [1.807, 2.05) is 36.5 Å². The lowest BCUT2D eigenvalue weighted by Gasteiger charge is -2.20. The highest BCUT2D eigenvalue weighted by atomic mass is 127. The first-order valence-electron chi connectivity index (χ1n) is 6.99. The first-order chi connectivity index (χ1) is 9.92. The Morgan fingerprint density at radius 3 is 2.62 bits per heavy atom. The van der Waals surface area contributed by atoms with Gasteiger partial charge in [-0.2, -0.15) is 0 Å². The highest BCUT2D eigenvalue weighted by Crippen LogP contribution is 2.16. The predicted molar refractivity (Wildman–Crippen MR) is 94.3 cm³/mol. The maximum Gasteiger partial charge on any atom is 0.130 e. The van der Waals surface area contributed by atoms with Gasteiger partial charge >= 0.3 is 0 Å². The summed E-state index contributed by atoms with van der Waals surface area (Å²) in [6, 6.07) is 12.1. The van der Waals surface area contributed by atoms with Crippen LogP contribution >= 0.6 is 22.6 Å². The van der Waals surface area contributed by atoms with E-state index < -0.39 is 0 Å². The number of ether oxygens (including phenoxy) is 1. The SMILES string of the molecule is CC(C)(C)NCc1ccc(COc2cccc(I)c2)nc1. The second kappa shape index (κ2) is 7.22. The molecule has 0 fully saturated rings. The number of nitrogens with zero attached hydrogens (tertiary/aromatic N) is 1. The zero-order valence-electron chi connectivity index (χ0n) is 12.7. The third-order valence-corrected chi connectivity index (χ3v) is 3.56. The first-order valence-corrected chi connectivity index (χ1v) is 8.07. The third-order valence-electron chi connectivity index (χ3n) is 2.89. The molecule has 0 bridgehead atoms. The zero-order valence-corrected chi connectivity index (χ0v) is 14.8. The van der Waals surface area contributed by atoms with Gasteiger partial charge < -0.3 is 10.1 Å². The smallest absolute Gasteiger partial charge is 0.130 e. The minimum atomic E-state index is 0.117. The van der Waals surface area contributed by atoms with Crippen LogP contribution in [0.25, 0.3) is 0 Å². The Bertz CT molecular complexity index is 576. The highest BCUT2D eigenvalue weighted by molar-refractivity contribution is 14.1. The molecule has 4 heteroatoms. The summed E-state index contributed by atoms with van der Waals surface area (Å²) in [4.78, 5) is 4.45. The third kappa shape index (κ3) is 6.01. The van der Waals surface area contributed by atoms with Crippen LogP contribution in [0.3, 0.4) is 0 Å². The second-order valence-electron chi connectivity index (χ2n) is 6.01. The van der Waals surface area contributed by atoms with E-state index in [9.17, 15) is 0 Å². The van der Waals surface area contributed by atoms with Gasteiger partial charge in [0.05, 0.1) is 5.69 Å². The van der Waals surface area contributed by atoms with Gasteiger partial charge in [0.2, 0.25) is 0 Å². The van der Waals surface area contributed by atoms with Crippen molar-refractivity contribution in [2.24, 2.45) is 0 Å². The fourth-order valence-electron chi connectivity index (χ4n) is 1.73. The molecule has 1 aromatic carbocycles. The number of benzene rings is 1. The van der Waals surface area contributed by atoms with Crippen molar-refractivity contribution in [1.29, 1.82) is 0 Å². The van der Waals surface area contributed by atoms with Crippen LogP contribution in [0.15, 0.2) is 42.6 Å². The van der Waals surface area contributed by atoms with Gasteiger partial charge in [0.15, 0.2) is 0 Å². The molecular formula is C17H21IN2O. The Labute approximate surface area is 140 Å². The molecule has 112 valence electrons. The maximum absolute atomic E-state index is 5.74. The molecule has 2 rings (SSSR count). The lowest BCUT2D eigenvalue weighted by Crippen LogP contribution is -2.35. The molecule has 0 unspecified atom stereocenters. The fraction of sp³-hybridized carbons (Fsp3) is 0.353. The minimum absolute atomic E-state index is 0.117. The summed E-state index contributed by atoms with van der Waals surface area (Å²) in [6.45, 7) is 7.79. The van der Waals surface area contributed by atoms with Gasteiger partial charge in [0.1, 0.15) is 12.4 Å². The minimum Gasteiger partial charge on any atom is -0.487 e. The number of pyridine rings is 1. The van der Waals surface area contributed by atoms with Crippen LogP contribution in [-0.4, -0.2) is 10.5 Å². The van der Waals surface area contributed by atoms with E-state index in [0.29, 0.717) is 6.61 Å². The number of hydrogen-bond donors (Lipinski definition) is 1. The average molecular weight is 396 g/mol. The Morgan fingerprint density at radius 2 is 2.00 bits per heavy atom. The van der Waals surface area contributed by atoms with Crippen LogP contribution in [0.4, 0.5) is 0 Å². The zero-order chi connectivity index (χ0) is 15.3. The molecular weight excluding hydrogens is 375 g/mol. The summed E-state index contributed by atoms with van der Waals surface area (Å²) in [5.41, 5.74) is 2.24. The lowest BCUT2D eigenvalue weighted by molar-refractivity contribution is 0.301. The predicted octanol–water partition coefficient (Wildman–Crippen LogP) is 4.15. The van der Waals surface area contributed by atoms with Crippen LogP contribution in [-0.2, 0) is 13.2 Å². The van der Waals surface area contributed by atoms with Gasteiger partial charge in [0, 0.05) is 21.9 Å². The van der Waals surface area contributed by atoms with Crippen LogP contribution in [0.1, 0.15) is 32.0 Å². The Hall–Kier alpha value is -1.14. The Morgan fingerprint density at radius 1 is 1.19 bits per heavy atom. The number of hydrogen-bond acceptors (Lipinski definition) is 3. The van der Waals surface area contributed by atoms with Crippen molar-refractivity contribution in [3.05, 3.63) is 57.4 Å². The number of nitrogens with one attached hydrogen (secondary N) is 1. The van der Waals surface area contributed by atoms with E-state index in [2.05, 4.69) is 59.7 Å². The van der Waals surface area contributed by atoms with Gasteiger partial charge in [-0.25, -0.2) is 0 Å². The topological polar surface area (TPSA) is 34.1 Å². The van der Waals surface area contributed by atoms with Gasteiger partial charge in [-0.15, -0.1) is 0 Å². The molecule has 1 heterocycles. The van der Waals surface area contributed by atoms with Crippen LogP contribution < -0.4 is 10.1 Å². The fourth-order valence-corrected chi connectivity index (χ4v) is 2.24. The summed E-state index contributed by atoms with van der Waals surface area (Å²) < 4.78 is 6.91. The number of halogens is 1. The summed E-state index contributed by atoms with van der Waals surface area (Å²) >= 11 is 2.28. The van der Waals surface area contributed by atoms with Gasteiger partial charge in [0.25, 0.3) is 0 Å². The monoisotopic (exact) mass is 396 g/mol. The maximum atomic E-state index is 5.74. The van der Waals surface area contributed by atoms with Crippen molar-refractivity contribution >= 4 is 22.6 Å². The van der Waals surface area contributed by atoms with E-state index in [1.54, 1.807) is 0 Å². The summed E-state index contributed by atoms with van der Waals surface area (Å²) in [5, 5.41) is 3.45. The molecule has 0 radical (unpaired) electrons. The highest BCUT2D eigenvalue weighted by Gasteiger charge is 2.08. The number of rotatable bonds is 5. The Kier molecular flexibility index (Phi) is 5.58. The lowest BCUT2D eigenvalue weighted by atomic mass is 10.1. The molecule has 2 aromatic rings. The van der Waals surface area contributed by atoms with E-state index in [-0.39, 0.29) is 5.54 Å². The molecule has 1 N–H and O–H groups in total. The van der Waals surface area contributed by atoms with Crippen molar-refractivity contribution in [2.75, 3.05) is 0 Å². The van der Waals surface area contributed by atoms with Crippen LogP contribution in [0.2, 0.25) is 0 Å². The summed E-state index contributed by atoms with van der Waals surface area (Å²) in [7, 11) is 0. The Balaban J connectivity index is 1.87. The van der Waals surface area contributed by atoms with Gasteiger partial charge in [-0.05, 0) is 73.2 Å². The van der Waals surface area contributed by atoms with E-state index in [4.69, 9.17) is 4.74 Å². The van der Waals surface area contributed by atoms with Crippen molar-refractivity contribution < 1.29 is 4.74 Å². The van der Waals surface area contributed by atoms with Crippen LogP contribution in [0, 0.1) is 3.57 Å². The molecule has 0 spiro atoms. The van der Waals surface area contributed by atoms with Crippen molar-refractivity contribution in [3.63, 3.8) is 0 Å². The standard InChI is InChI=1S/C17H21IN2O/c1-17(2,3)20-11-13-7-8-15(19-10-13)12-21-16-6-4-5-14(18)9-16/h4-10,20H,11-12H2,1-3H3. The molecule has 0 aliphatic heterocycles. The normalized spacial score (nSPS) is 11.4. The second-order valence-corrected chi connectivity index (χ2v) is 7.25. The molecule has 0 saturated heterocycles. The average Bonchev–Trinajstić information content (AvgIpc) is 2.43. The molecule has 0 amide bonds.